The minimum absolute atomic E-state index is 0.126. The maximum atomic E-state index is 12.4. The summed E-state index contributed by atoms with van der Waals surface area (Å²) in [5.41, 5.74) is 5.43. The third kappa shape index (κ3) is 6.47. The molecule has 3 aromatic rings. The second-order valence-corrected chi connectivity index (χ2v) is 10.9. The SMILES string of the molecule is CC(C)(C)OC(=O)N1CCC(Oc2cc3nc(Nc4cccc(CN5C=NCN5)c4)ncc3cc2Br)C1. The van der Waals surface area contributed by atoms with E-state index in [1.165, 1.54) is 0 Å². The summed E-state index contributed by atoms with van der Waals surface area (Å²) in [7, 11) is 0. The lowest BCUT2D eigenvalue weighted by atomic mass is 10.2. The molecule has 11 heteroatoms. The molecule has 1 aromatic heterocycles. The first-order valence-electron chi connectivity index (χ1n) is 12.2. The Kier molecular flexibility index (Phi) is 7.16. The molecule has 2 aromatic carbocycles. The molecule has 0 radical (unpaired) electrons. The number of carbonyl (C=O) groups excluding carboxylic acids is 1. The molecule has 2 N–H and O–H groups in total. The van der Waals surface area contributed by atoms with Gasteiger partial charge in [0.25, 0.3) is 0 Å². The molecule has 0 bridgehead atoms. The van der Waals surface area contributed by atoms with Crippen molar-refractivity contribution in [3.8, 4) is 5.75 Å². The number of rotatable bonds is 6. The molecule has 1 saturated heterocycles. The lowest BCUT2D eigenvalue weighted by Crippen LogP contribution is -2.36. The van der Waals surface area contributed by atoms with Crippen molar-refractivity contribution >= 4 is 50.9 Å². The van der Waals surface area contributed by atoms with Crippen LogP contribution in [0.4, 0.5) is 16.4 Å². The number of likely N-dealkylation sites (tertiary alicyclic amines) is 1. The third-order valence-corrected chi connectivity index (χ3v) is 6.47. The minimum Gasteiger partial charge on any atom is -0.487 e. The Hall–Kier alpha value is -3.44. The second-order valence-electron chi connectivity index (χ2n) is 10.1. The summed E-state index contributed by atoms with van der Waals surface area (Å²) in [6, 6.07) is 12.0. The van der Waals surface area contributed by atoms with Crippen LogP contribution in [0, 0.1) is 0 Å². The van der Waals surface area contributed by atoms with Gasteiger partial charge in [-0.1, -0.05) is 12.1 Å². The van der Waals surface area contributed by atoms with E-state index >= 15 is 0 Å². The van der Waals surface area contributed by atoms with Crippen molar-refractivity contribution in [3.63, 3.8) is 0 Å². The standard InChI is InChI=1S/C26H30BrN7O3/c1-26(2,3)37-25(35)33-8-7-20(14-33)36-23-11-22-18(10-21(23)27)12-29-24(32-22)31-19-6-4-5-17(9-19)13-34-16-28-15-30-34/h4-6,9-12,16,20,30H,7-8,13-15H2,1-3H3,(H,29,31,32). The number of ether oxygens (including phenoxy) is 2. The average molecular weight is 568 g/mol. The fourth-order valence-electron chi connectivity index (χ4n) is 4.16. The van der Waals surface area contributed by atoms with Gasteiger partial charge in [-0.2, -0.15) is 0 Å². The molecule has 1 unspecified atom stereocenters. The predicted octanol–water partition coefficient (Wildman–Crippen LogP) is 4.83. The molecule has 5 rings (SSSR count). The second kappa shape index (κ2) is 10.5. The van der Waals surface area contributed by atoms with Crippen molar-refractivity contribution in [2.45, 2.75) is 45.4 Å². The number of hydrogen-bond donors (Lipinski definition) is 2. The van der Waals surface area contributed by atoms with E-state index in [1.807, 2.05) is 50.0 Å². The highest BCUT2D eigenvalue weighted by Crippen LogP contribution is 2.32. The topological polar surface area (TPSA) is 104 Å². The average Bonchev–Trinajstić information content (AvgIpc) is 3.51. The number of nitrogens with one attached hydrogen (secondary N) is 2. The number of hydrogen-bond acceptors (Lipinski definition) is 9. The monoisotopic (exact) mass is 567 g/mol. The number of benzene rings is 2. The summed E-state index contributed by atoms with van der Waals surface area (Å²) >= 11 is 3.60. The van der Waals surface area contributed by atoms with Crippen LogP contribution in [-0.4, -0.2) is 63.8 Å². The molecule has 1 atom stereocenters. The van der Waals surface area contributed by atoms with E-state index < -0.39 is 5.60 Å². The van der Waals surface area contributed by atoms with Crippen LogP contribution in [0.2, 0.25) is 0 Å². The van der Waals surface area contributed by atoms with Crippen molar-refractivity contribution in [2.75, 3.05) is 25.1 Å². The van der Waals surface area contributed by atoms with E-state index in [9.17, 15) is 4.79 Å². The normalized spacial score (nSPS) is 17.5. The van der Waals surface area contributed by atoms with Crippen LogP contribution >= 0.6 is 15.9 Å². The van der Waals surface area contributed by atoms with Gasteiger partial charge in [0, 0.05) is 36.3 Å². The first-order valence-corrected chi connectivity index (χ1v) is 13.0. The third-order valence-electron chi connectivity index (χ3n) is 5.85. The Labute approximate surface area is 224 Å². The first-order chi connectivity index (χ1) is 17.7. The molecule has 10 nitrogen and oxygen atoms in total. The van der Waals surface area contributed by atoms with Crippen LogP contribution in [0.5, 0.6) is 5.75 Å². The van der Waals surface area contributed by atoms with Gasteiger partial charge in [-0.25, -0.2) is 20.2 Å². The quantitative estimate of drug-likeness (QED) is 0.436. The summed E-state index contributed by atoms with van der Waals surface area (Å²) < 4.78 is 12.6. The Morgan fingerprint density at radius 1 is 1.27 bits per heavy atom. The van der Waals surface area contributed by atoms with Gasteiger partial charge in [-0.05, 0) is 60.5 Å². The van der Waals surface area contributed by atoms with Crippen LogP contribution in [0.1, 0.15) is 32.8 Å². The van der Waals surface area contributed by atoms with Crippen molar-refractivity contribution in [2.24, 2.45) is 4.99 Å². The number of aliphatic imine (C=N–C) groups is 1. The van der Waals surface area contributed by atoms with Crippen LogP contribution < -0.4 is 15.5 Å². The molecule has 1 fully saturated rings. The molecule has 0 aliphatic carbocycles. The molecule has 0 spiro atoms. The number of carbonyl (C=O) groups is 1. The van der Waals surface area contributed by atoms with E-state index in [4.69, 9.17) is 14.5 Å². The molecular formula is C26H30BrN7O3. The summed E-state index contributed by atoms with van der Waals surface area (Å²) in [4.78, 5) is 27.4. The van der Waals surface area contributed by atoms with E-state index in [2.05, 4.69) is 48.8 Å². The highest BCUT2D eigenvalue weighted by molar-refractivity contribution is 9.10. The largest absolute Gasteiger partial charge is 0.487 e. The molecule has 194 valence electrons. The zero-order valence-corrected chi connectivity index (χ0v) is 22.7. The molecule has 2 aliphatic rings. The van der Waals surface area contributed by atoms with Gasteiger partial charge >= 0.3 is 6.09 Å². The maximum absolute atomic E-state index is 12.4. The van der Waals surface area contributed by atoms with Gasteiger partial charge in [-0.3, -0.25) is 10.0 Å². The summed E-state index contributed by atoms with van der Waals surface area (Å²) in [5, 5.41) is 6.14. The fourth-order valence-corrected chi connectivity index (χ4v) is 4.62. The molecular weight excluding hydrogens is 538 g/mol. The van der Waals surface area contributed by atoms with Gasteiger partial charge < -0.3 is 19.7 Å². The zero-order chi connectivity index (χ0) is 26.0. The number of amides is 1. The van der Waals surface area contributed by atoms with Gasteiger partial charge in [-0.15, -0.1) is 0 Å². The van der Waals surface area contributed by atoms with E-state index in [0.29, 0.717) is 38.0 Å². The summed E-state index contributed by atoms with van der Waals surface area (Å²) in [5.74, 6) is 1.17. The van der Waals surface area contributed by atoms with Gasteiger partial charge in [0.15, 0.2) is 0 Å². The fraction of sp³-hybridized carbons (Fsp3) is 0.385. The summed E-state index contributed by atoms with van der Waals surface area (Å²) in [6.07, 6.45) is 3.88. The van der Waals surface area contributed by atoms with E-state index in [1.54, 1.807) is 17.4 Å². The molecule has 1 amide bonds. The number of hydrazine groups is 1. The Morgan fingerprint density at radius 3 is 2.92 bits per heavy atom. The maximum Gasteiger partial charge on any atom is 0.410 e. The van der Waals surface area contributed by atoms with E-state index in [-0.39, 0.29) is 12.2 Å². The number of fused-ring (bicyclic) bond motifs is 1. The zero-order valence-electron chi connectivity index (χ0n) is 21.1. The lowest BCUT2D eigenvalue weighted by molar-refractivity contribution is 0.0275. The summed E-state index contributed by atoms with van der Waals surface area (Å²) in [6.45, 7) is 7.98. The van der Waals surface area contributed by atoms with Gasteiger partial charge in [0.2, 0.25) is 5.95 Å². The highest BCUT2D eigenvalue weighted by atomic mass is 79.9. The van der Waals surface area contributed by atoms with Crippen LogP contribution in [0.3, 0.4) is 0 Å². The molecule has 3 heterocycles. The van der Waals surface area contributed by atoms with Crippen LogP contribution in [0.15, 0.2) is 52.1 Å². The Morgan fingerprint density at radius 2 is 2.14 bits per heavy atom. The predicted molar refractivity (Wildman–Crippen MR) is 146 cm³/mol. The lowest BCUT2D eigenvalue weighted by Gasteiger charge is -2.24. The number of halogens is 1. The smallest absolute Gasteiger partial charge is 0.410 e. The molecule has 0 saturated carbocycles. The van der Waals surface area contributed by atoms with Crippen molar-refractivity contribution in [1.82, 2.24) is 25.3 Å². The highest BCUT2D eigenvalue weighted by Gasteiger charge is 2.31. The van der Waals surface area contributed by atoms with Crippen molar-refractivity contribution in [1.29, 1.82) is 0 Å². The van der Waals surface area contributed by atoms with Gasteiger partial charge in [0.05, 0.1) is 23.1 Å². The van der Waals surface area contributed by atoms with Crippen molar-refractivity contribution in [3.05, 3.63) is 52.6 Å². The molecule has 37 heavy (non-hydrogen) atoms. The van der Waals surface area contributed by atoms with Gasteiger partial charge in [0.1, 0.15) is 30.5 Å². The Bertz CT molecular complexity index is 1330. The Balaban J connectivity index is 1.27. The first kappa shape index (κ1) is 25.2. The number of aromatic nitrogens is 2. The van der Waals surface area contributed by atoms with E-state index in [0.717, 1.165) is 33.0 Å². The number of nitrogens with zero attached hydrogens (tertiary/aromatic N) is 5. The van der Waals surface area contributed by atoms with Crippen LogP contribution in [0.25, 0.3) is 10.9 Å². The van der Waals surface area contributed by atoms with Crippen LogP contribution in [-0.2, 0) is 11.3 Å². The number of anilines is 2. The van der Waals surface area contributed by atoms with Crippen molar-refractivity contribution < 1.29 is 14.3 Å². The minimum atomic E-state index is -0.524. The molecule has 2 aliphatic heterocycles.